The molecule has 1 amide bonds. The van der Waals surface area contributed by atoms with Crippen molar-refractivity contribution in [1.82, 2.24) is 14.7 Å². The number of carbonyl (C=O) groups is 2. The van der Waals surface area contributed by atoms with Gasteiger partial charge in [-0.1, -0.05) is 22.0 Å². The smallest absolute Gasteiger partial charge is 0.328 e. The molecule has 8 heteroatoms. The van der Waals surface area contributed by atoms with Crippen molar-refractivity contribution in [3.05, 3.63) is 46.2 Å². The number of carbonyl (C=O) groups excluding carboxylic acids is 1. The van der Waals surface area contributed by atoms with Crippen molar-refractivity contribution in [1.29, 1.82) is 0 Å². The Kier molecular flexibility index (Phi) is 4.68. The highest BCUT2D eigenvalue weighted by atomic mass is 79.9. The zero-order valence-electron chi connectivity index (χ0n) is 13.0. The number of benzene rings is 1. The van der Waals surface area contributed by atoms with E-state index >= 15 is 0 Å². The molecule has 1 aliphatic rings. The lowest BCUT2D eigenvalue weighted by Gasteiger charge is -2.32. The first-order valence-electron chi connectivity index (χ1n) is 7.41. The van der Waals surface area contributed by atoms with Crippen LogP contribution in [0.2, 0.25) is 0 Å². The van der Waals surface area contributed by atoms with Crippen LogP contribution in [0.25, 0.3) is 5.69 Å². The van der Waals surface area contributed by atoms with Crippen molar-refractivity contribution in [2.24, 2.45) is 0 Å². The number of nitrogens with zero attached hydrogens (tertiary/aromatic N) is 3. The number of morpholine rings is 1. The summed E-state index contributed by atoms with van der Waals surface area (Å²) in [4.78, 5) is 25.5. The van der Waals surface area contributed by atoms with Crippen LogP contribution in [0.15, 0.2) is 34.9 Å². The van der Waals surface area contributed by atoms with Gasteiger partial charge in [0.2, 0.25) is 0 Å². The molecule has 0 saturated carbocycles. The fourth-order valence-corrected chi connectivity index (χ4v) is 3.08. The average Bonchev–Trinajstić information content (AvgIpc) is 2.95. The lowest BCUT2D eigenvalue weighted by molar-refractivity contribution is -0.147. The van der Waals surface area contributed by atoms with Crippen molar-refractivity contribution >= 4 is 27.8 Å². The fourth-order valence-electron chi connectivity index (χ4n) is 2.69. The van der Waals surface area contributed by atoms with Gasteiger partial charge in [-0.15, -0.1) is 0 Å². The van der Waals surface area contributed by atoms with Crippen LogP contribution >= 0.6 is 15.9 Å². The molecule has 1 N–H and O–H groups in total. The van der Waals surface area contributed by atoms with Crippen molar-refractivity contribution in [3.8, 4) is 5.69 Å². The van der Waals surface area contributed by atoms with Crippen LogP contribution < -0.4 is 0 Å². The van der Waals surface area contributed by atoms with Gasteiger partial charge in [-0.2, -0.15) is 5.10 Å². The molecular formula is C16H16BrN3O4. The van der Waals surface area contributed by atoms with Gasteiger partial charge in [-0.3, -0.25) is 4.79 Å². The van der Waals surface area contributed by atoms with Gasteiger partial charge in [0.15, 0.2) is 6.04 Å². The summed E-state index contributed by atoms with van der Waals surface area (Å²) in [5.41, 5.74) is 1.87. The summed E-state index contributed by atoms with van der Waals surface area (Å²) in [6.07, 6.45) is 1.48. The Hall–Kier alpha value is -2.19. The number of aromatic nitrogens is 2. The molecule has 1 aromatic carbocycles. The van der Waals surface area contributed by atoms with E-state index in [1.54, 1.807) is 11.6 Å². The summed E-state index contributed by atoms with van der Waals surface area (Å²) in [5.74, 6) is -1.41. The summed E-state index contributed by atoms with van der Waals surface area (Å²) < 4.78 is 7.74. The molecule has 7 nitrogen and oxygen atoms in total. The van der Waals surface area contributed by atoms with Crippen LogP contribution in [0.5, 0.6) is 0 Å². The molecule has 2 heterocycles. The molecule has 1 atom stereocenters. The number of carboxylic acids is 1. The molecule has 0 radical (unpaired) electrons. The Balaban J connectivity index is 1.92. The second kappa shape index (κ2) is 6.74. The zero-order chi connectivity index (χ0) is 17.3. The van der Waals surface area contributed by atoms with Gasteiger partial charge in [-0.25, -0.2) is 9.48 Å². The van der Waals surface area contributed by atoms with Crippen molar-refractivity contribution in [3.63, 3.8) is 0 Å². The van der Waals surface area contributed by atoms with Crippen LogP contribution in [0.4, 0.5) is 0 Å². The van der Waals surface area contributed by atoms with E-state index in [0.29, 0.717) is 17.9 Å². The largest absolute Gasteiger partial charge is 0.480 e. The SMILES string of the molecule is Cc1c(C(=O)N2CCOCC2C(=O)O)cnn1-c1cccc(Br)c1. The van der Waals surface area contributed by atoms with Gasteiger partial charge in [-0.05, 0) is 25.1 Å². The number of ether oxygens (including phenoxy) is 1. The van der Waals surface area contributed by atoms with E-state index in [2.05, 4.69) is 21.0 Å². The Morgan fingerprint density at radius 1 is 1.42 bits per heavy atom. The number of amides is 1. The van der Waals surface area contributed by atoms with Crippen LogP contribution in [-0.2, 0) is 9.53 Å². The molecular weight excluding hydrogens is 378 g/mol. The number of hydrogen-bond acceptors (Lipinski definition) is 4. The minimum atomic E-state index is -1.07. The Bertz CT molecular complexity index is 789. The molecule has 126 valence electrons. The normalized spacial score (nSPS) is 17.8. The standard InChI is InChI=1S/C16H16BrN3O4/c1-10-13(8-18-20(10)12-4-2-3-11(17)7-12)15(21)19-5-6-24-9-14(19)16(22)23/h2-4,7-8,14H,5-6,9H2,1H3,(H,22,23). The average molecular weight is 394 g/mol. The predicted molar refractivity (Wildman–Crippen MR) is 89.3 cm³/mol. The second-order valence-corrected chi connectivity index (χ2v) is 6.38. The minimum absolute atomic E-state index is 0.000109. The highest BCUT2D eigenvalue weighted by Crippen LogP contribution is 2.20. The predicted octanol–water partition coefficient (Wildman–Crippen LogP) is 1.87. The quantitative estimate of drug-likeness (QED) is 0.860. The third-order valence-corrected chi connectivity index (χ3v) is 4.46. The van der Waals surface area contributed by atoms with E-state index in [0.717, 1.165) is 10.2 Å². The van der Waals surface area contributed by atoms with Crippen LogP contribution in [0, 0.1) is 6.92 Å². The van der Waals surface area contributed by atoms with E-state index in [4.69, 9.17) is 4.74 Å². The van der Waals surface area contributed by atoms with Gasteiger partial charge < -0.3 is 14.7 Å². The third kappa shape index (κ3) is 3.07. The fraction of sp³-hybridized carbons (Fsp3) is 0.312. The molecule has 0 aliphatic carbocycles. The number of rotatable bonds is 3. The molecule has 0 spiro atoms. The summed E-state index contributed by atoms with van der Waals surface area (Å²) >= 11 is 3.41. The van der Waals surface area contributed by atoms with Gasteiger partial charge in [0.25, 0.3) is 5.91 Å². The Morgan fingerprint density at radius 2 is 2.21 bits per heavy atom. The van der Waals surface area contributed by atoms with Crippen LogP contribution in [0.3, 0.4) is 0 Å². The molecule has 1 saturated heterocycles. The first-order valence-corrected chi connectivity index (χ1v) is 8.20. The van der Waals surface area contributed by atoms with E-state index in [1.165, 1.54) is 11.1 Å². The van der Waals surface area contributed by atoms with Crippen LogP contribution in [0.1, 0.15) is 16.1 Å². The molecule has 0 bridgehead atoms. The maximum absolute atomic E-state index is 12.8. The van der Waals surface area contributed by atoms with Crippen LogP contribution in [-0.4, -0.2) is 57.5 Å². The maximum atomic E-state index is 12.8. The Morgan fingerprint density at radius 3 is 2.92 bits per heavy atom. The van der Waals surface area contributed by atoms with E-state index in [-0.39, 0.29) is 19.1 Å². The first-order chi connectivity index (χ1) is 11.5. The minimum Gasteiger partial charge on any atom is -0.480 e. The lowest BCUT2D eigenvalue weighted by atomic mass is 10.1. The monoisotopic (exact) mass is 393 g/mol. The molecule has 1 unspecified atom stereocenters. The lowest BCUT2D eigenvalue weighted by Crippen LogP contribution is -2.52. The third-order valence-electron chi connectivity index (χ3n) is 3.97. The van der Waals surface area contributed by atoms with Gasteiger partial charge in [0, 0.05) is 11.0 Å². The number of aliphatic carboxylic acids is 1. The van der Waals surface area contributed by atoms with Gasteiger partial charge in [0.05, 0.1) is 36.4 Å². The summed E-state index contributed by atoms with van der Waals surface area (Å²) in [6, 6.07) is 6.58. The molecule has 24 heavy (non-hydrogen) atoms. The number of carboxylic acid groups (broad SMARTS) is 1. The van der Waals surface area contributed by atoms with Gasteiger partial charge in [0.1, 0.15) is 0 Å². The number of halogens is 1. The molecule has 1 aliphatic heterocycles. The highest BCUT2D eigenvalue weighted by Gasteiger charge is 2.34. The van der Waals surface area contributed by atoms with Gasteiger partial charge >= 0.3 is 5.97 Å². The molecule has 3 rings (SSSR count). The van der Waals surface area contributed by atoms with Crippen molar-refractivity contribution in [2.45, 2.75) is 13.0 Å². The van der Waals surface area contributed by atoms with E-state index < -0.39 is 12.0 Å². The molecule has 1 aromatic heterocycles. The first kappa shape index (κ1) is 16.7. The molecule has 1 fully saturated rings. The van der Waals surface area contributed by atoms with Crippen molar-refractivity contribution in [2.75, 3.05) is 19.8 Å². The zero-order valence-corrected chi connectivity index (χ0v) is 14.6. The molecule has 2 aromatic rings. The van der Waals surface area contributed by atoms with Crippen molar-refractivity contribution < 1.29 is 19.4 Å². The van der Waals surface area contributed by atoms with E-state index in [9.17, 15) is 14.7 Å². The number of hydrogen-bond donors (Lipinski definition) is 1. The summed E-state index contributed by atoms with van der Waals surface area (Å²) in [5, 5.41) is 13.6. The van der Waals surface area contributed by atoms with E-state index in [1.807, 2.05) is 24.3 Å². The Labute approximate surface area is 147 Å². The maximum Gasteiger partial charge on any atom is 0.328 e. The second-order valence-electron chi connectivity index (χ2n) is 5.46. The topological polar surface area (TPSA) is 84.7 Å². The summed E-state index contributed by atoms with van der Waals surface area (Å²) in [6.45, 7) is 2.36. The summed E-state index contributed by atoms with van der Waals surface area (Å²) in [7, 11) is 0. The highest BCUT2D eigenvalue weighted by molar-refractivity contribution is 9.10.